The molecular weight excluding hydrogens is 236 g/mol. The SMILES string of the molecule is O=Nc1ccc(OP(=O)(Cl)Cl)cc1. The highest BCUT2D eigenvalue weighted by molar-refractivity contribution is 8.05. The van der Waals surface area contributed by atoms with Crippen molar-refractivity contribution in [3.8, 4) is 5.75 Å². The molecule has 0 radical (unpaired) electrons. The Labute approximate surface area is 83.8 Å². The fourth-order valence-electron chi connectivity index (χ4n) is 0.691. The molecule has 0 N–H and O–H groups in total. The minimum Gasteiger partial charge on any atom is -0.422 e. The number of halogens is 2. The fraction of sp³-hybridized carbons (Fsp3) is 0. The van der Waals surface area contributed by atoms with Crippen molar-refractivity contribution in [2.45, 2.75) is 0 Å². The summed E-state index contributed by atoms with van der Waals surface area (Å²) < 4.78 is 15.4. The highest BCUT2D eigenvalue weighted by Gasteiger charge is 2.15. The molecule has 1 rings (SSSR count). The van der Waals surface area contributed by atoms with E-state index < -0.39 is 6.07 Å². The van der Waals surface area contributed by atoms with Crippen molar-refractivity contribution in [3.63, 3.8) is 0 Å². The summed E-state index contributed by atoms with van der Waals surface area (Å²) in [4.78, 5) is 10.0. The lowest BCUT2D eigenvalue weighted by Gasteiger charge is -2.04. The van der Waals surface area contributed by atoms with Gasteiger partial charge < -0.3 is 4.52 Å². The maximum atomic E-state index is 10.8. The van der Waals surface area contributed by atoms with Crippen LogP contribution in [0.15, 0.2) is 29.4 Å². The molecule has 0 amide bonds. The lowest BCUT2D eigenvalue weighted by molar-refractivity contribution is 0.513. The Bertz CT molecular complexity index is 347. The molecule has 0 aliphatic carbocycles. The molecule has 0 aliphatic rings. The van der Waals surface area contributed by atoms with Crippen LogP contribution < -0.4 is 4.52 Å². The predicted octanol–water partition coefficient (Wildman–Crippen LogP) is 4.05. The summed E-state index contributed by atoms with van der Waals surface area (Å²) in [6.07, 6.45) is -3.58. The molecule has 0 atom stereocenters. The van der Waals surface area contributed by atoms with Gasteiger partial charge in [0.25, 0.3) is 0 Å². The average Bonchev–Trinajstić information content (AvgIpc) is 2.03. The third-order valence-electron chi connectivity index (χ3n) is 1.15. The number of nitroso groups, excluding NO2 is 1. The summed E-state index contributed by atoms with van der Waals surface area (Å²) in [5.74, 6) is 0.223. The molecule has 0 bridgehead atoms. The molecule has 0 aromatic heterocycles. The van der Waals surface area contributed by atoms with Crippen molar-refractivity contribution >= 4 is 34.2 Å². The normalized spacial score (nSPS) is 10.9. The summed E-state index contributed by atoms with van der Waals surface area (Å²) in [7, 11) is 0. The van der Waals surface area contributed by atoms with Crippen LogP contribution in [0.1, 0.15) is 0 Å². The van der Waals surface area contributed by atoms with Crippen LogP contribution in [-0.4, -0.2) is 0 Å². The van der Waals surface area contributed by atoms with Gasteiger partial charge in [-0.2, -0.15) is 0 Å². The maximum Gasteiger partial charge on any atom is 0.428 e. The Morgan fingerprint density at radius 2 is 1.77 bits per heavy atom. The second-order valence-corrected chi connectivity index (χ2v) is 6.29. The van der Waals surface area contributed by atoms with Gasteiger partial charge in [-0.05, 0) is 29.4 Å². The number of benzene rings is 1. The van der Waals surface area contributed by atoms with Crippen LogP contribution in [0.5, 0.6) is 5.75 Å². The van der Waals surface area contributed by atoms with E-state index in [4.69, 9.17) is 22.5 Å². The highest BCUT2D eigenvalue weighted by atomic mass is 35.9. The van der Waals surface area contributed by atoms with Gasteiger partial charge in [-0.3, -0.25) is 0 Å². The van der Waals surface area contributed by atoms with E-state index in [1.165, 1.54) is 24.3 Å². The van der Waals surface area contributed by atoms with Crippen LogP contribution >= 0.6 is 28.6 Å². The zero-order valence-electron chi connectivity index (χ0n) is 6.18. The zero-order valence-corrected chi connectivity index (χ0v) is 8.59. The maximum absolute atomic E-state index is 10.8. The van der Waals surface area contributed by atoms with E-state index in [-0.39, 0.29) is 11.4 Å². The van der Waals surface area contributed by atoms with Crippen LogP contribution in [0.3, 0.4) is 0 Å². The summed E-state index contributed by atoms with van der Waals surface area (Å²) in [5, 5.41) is 2.67. The molecule has 4 nitrogen and oxygen atoms in total. The topological polar surface area (TPSA) is 55.7 Å². The van der Waals surface area contributed by atoms with E-state index >= 15 is 0 Å². The van der Waals surface area contributed by atoms with Crippen LogP contribution in [0, 0.1) is 4.91 Å². The van der Waals surface area contributed by atoms with Crippen LogP contribution in [0.25, 0.3) is 0 Å². The molecule has 0 aliphatic heterocycles. The minimum atomic E-state index is -3.58. The third kappa shape index (κ3) is 3.77. The first-order valence-electron chi connectivity index (χ1n) is 3.13. The third-order valence-corrected chi connectivity index (χ3v) is 1.99. The van der Waals surface area contributed by atoms with Crippen molar-refractivity contribution in [1.82, 2.24) is 0 Å². The van der Waals surface area contributed by atoms with Crippen molar-refractivity contribution < 1.29 is 9.09 Å². The van der Waals surface area contributed by atoms with Crippen LogP contribution in [0.4, 0.5) is 5.69 Å². The predicted molar refractivity (Wildman–Crippen MR) is 51.8 cm³/mol. The van der Waals surface area contributed by atoms with Crippen molar-refractivity contribution in [2.75, 3.05) is 0 Å². The average molecular weight is 240 g/mol. The Kier molecular flexibility index (Phi) is 3.31. The van der Waals surface area contributed by atoms with Gasteiger partial charge in [-0.15, -0.1) is 4.91 Å². The van der Waals surface area contributed by atoms with Gasteiger partial charge in [0.05, 0.1) is 0 Å². The molecule has 13 heavy (non-hydrogen) atoms. The van der Waals surface area contributed by atoms with Gasteiger partial charge in [0, 0.05) is 22.5 Å². The van der Waals surface area contributed by atoms with Gasteiger partial charge >= 0.3 is 6.07 Å². The number of nitrogens with zero attached hydrogens (tertiary/aromatic N) is 1. The van der Waals surface area contributed by atoms with E-state index in [9.17, 15) is 9.47 Å². The quantitative estimate of drug-likeness (QED) is 0.591. The Morgan fingerprint density at radius 1 is 1.23 bits per heavy atom. The first kappa shape index (κ1) is 10.5. The van der Waals surface area contributed by atoms with Crippen LogP contribution in [0.2, 0.25) is 0 Å². The van der Waals surface area contributed by atoms with E-state index in [2.05, 4.69) is 9.70 Å². The summed E-state index contributed by atoms with van der Waals surface area (Å²) in [6.45, 7) is 0. The minimum absolute atomic E-state index is 0.223. The molecule has 0 saturated carbocycles. The number of hydrogen-bond donors (Lipinski definition) is 0. The standard InChI is InChI=1S/C6H4Cl2NO3P/c7-13(8,11)12-6-3-1-5(9-10)2-4-6/h1-4H. The first-order valence-corrected chi connectivity index (χ1v) is 6.57. The first-order chi connectivity index (χ1) is 6.01. The van der Waals surface area contributed by atoms with Gasteiger partial charge in [0.15, 0.2) is 0 Å². The molecule has 1 aromatic rings. The summed E-state index contributed by atoms with van der Waals surface area (Å²) in [5.41, 5.74) is 0.242. The fourth-order valence-corrected chi connectivity index (χ4v) is 1.54. The van der Waals surface area contributed by atoms with E-state index in [0.29, 0.717) is 0 Å². The van der Waals surface area contributed by atoms with Crippen molar-refractivity contribution in [3.05, 3.63) is 29.2 Å². The molecule has 0 fully saturated rings. The molecule has 0 spiro atoms. The van der Waals surface area contributed by atoms with E-state index in [0.717, 1.165) is 0 Å². The molecule has 1 aromatic carbocycles. The van der Waals surface area contributed by atoms with Crippen LogP contribution in [-0.2, 0) is 4.57 Å². The number of rotatable bonds is 3. The Morgan fingerprint density at radius 3 is 2.15 bits per heavy atom. The molecule has 0 saturated heterocycles. The number of hydrogen-bond acceptors (Lipinski definition) is 4. The molecule has 70 valence electrons. The van der Waals surface area contributed by atoms with Gasteiger partial charge in [0.1, 0.15) is 11.4 Å². The van der Waals surface area contributed by atoms with E-state index in [1.807, 2.05) is 0 Å². The largest absolute Gasteiger partial charge is 0.428 e. The van der Waals surface area contributed by atoms with Gasteiger partial charge in [-0.25, -0.2) is 4.57 Å². The van der Waals surface area contributed by atoms with Crippen molar-refractivity contribution in [1.29, 1.82) is 0 Å². The summed E-state index contributed by atoms with van der Waals surface area (Å²) >= 11 is 10.3. The Balaban J connectivity index is 2.81. The van der Waals surface area contributed by atoms with Crippen molar-refractivity contribution in [2.24, 2.45) is 5.18 Å². The lowest BCUT2D eigenvalue weighted by atomic mass is 10.3. The summed E-state index contributed by atoms with van der Waals surface area (Å²) in [6, 6.07) is 5.58. The van der Waals surface area contributed by atoms with E-state index in [1.54, 1.807) is 0 Å². The smallest absolute Gasteiger partial charge is 0.422 e. The Hall–Kier alpha value is -0.570. The van der Waals surface area contributed by atoms with Gasteiger partial charge in [-0.1, -0.05) is 0 Å². The highest BCUT2D eigenvalue weighted by Crippen LogP contribution is 2.57. The molecular formula is C6H4Cl2NO3P. The monoisotopic (exact) mass is 239 g/mol. The second kappa shape index (κ2) is 4.09. The molecule has 0 unspecified atom stereocenters. The molecule has 0 heterocycles. The molecule has 7 heteroatoms. The second-order valence-electron chi connectivity index (χ2n) is 2.09. The lowest BCUT2D eigenvalue weighted by Crippen LogP contribution is -1.79. The zero-order chi connectivity index (χ0) is 9.90. The van der Waals surface area contributed by atoms with Gasteiger partial charge in [0.2, 0.25) is 0 Å².